The van der Waals surface area contributed by atoms with Gasteiger partial charge < -0.3 is 14.4 Å². The van der Waals surface area contributed by atoms with E-state index in [1.165, 1.54) is 0 Å². The van der Waals surface area contributed by atoms with Gasteiger partial charge in [-0.2, -0.15) is 15.4 Å². The van der Waals surface area contributed by atoms with Gasteiger partial charge in [0.25, 0.3) is 11.8 Å². The molecule has 4 atom stereocenters. The average Bonchev–Trinajstić information content (AvgIpc) is 3.60. The number of benzene rings is 2. The third-order valence-corrected chi connectivity index (χ3v) is 8.23. The number of hydrogen-bond acceptors (Lipinski definition) is 4. The molecule has 0 bridgehead atoms. The van der Waals surface area contributed by atoms with E-state index in [0.29, 0.717) is 34.8 Å². The van der Waals surface area contributed by atoms with E-state index in [1.54, 1.807) is 0 Å². The third kappa shape index (κ3) is 2.63. The van der Waals surface area contributed by atoms with E-state index in [1.807, 2.05) is 57.8 Å². The second-order valence-electron chi connectivity index (χ2n) is 9.75. The standard InChI is InChI=1S/C25H24N6O2/c1-29-22-5-3-2-4-14(22)9-23(29)25(33)31-12-18-16-10-30(11-17(16)19(18)13-31)24(32)15-6-7-20-21(8-15)27-28-26-20/h2-9,16-19H,10-13H2,1H3,(H,26,27,28)/t16-,17+,18+,19-. The normalized spacial score (nSPS) is 26.0. The molecular formula is C25H24N6O2. The smallest absolute Gasteiger partial charge is 0.270 e. The molecule has 2 amide bonds. The summed E-state index contributed by atoms with van der Waals surface area (Å²) in [6, 6.07) is 15.6. The molecule has 8 heteroatoms. The van der Waals surface area contributed by atoms with Gasteiger partial charge in [-0.05, 0) is 54.0 Å². The molecule has 7 rings (SSSR count). The van der Waals surface area contributed by atoms with Gasteiger partial charge in [0.2, 0.25) is 0 Å². The van der Waals surface area contributed by atoms with E-state index in [-0.39, 0.29) is 11.8 Å². The maximum atomic E-state index is 13.3. The van der Waals surface area contributed by atoms with Crippen LogP contribution in [-0.4, -0.2) is 67.8 Å². The van der Waals surface area contributed by atoms with Crippen LogP contribution < -0.4 is 0 Å². The fourth-order valence-electron chi connectivity index (χ4n) is 6.52. The molecule has 0 radical (unpaired) electrons. The van der Waals surface area contributed by atoms with E-state index in [2.05, 4.69) is 27.5 Å². The van der Waals surface area contributed by atoms with Gasteiger partial charge in [-0.3, -0.25) is 9.59 Å². The van der Waals surface area contributed by atoms with Crippen molar-refractivity contribution in [1.82, 2.24) is 29.8 Å². The van der Waals surface area contributed by atoms with Crippen LogP contribution in [0.1, 0.15) is 20.8 Å². The monoisotopic (exact) mass is 440 g/mol. The Hall–Kier alpha value is -3.68. The zero-order valence-corrected chi connectivity index (χ0v) is 18.3. The van der Waals surface area contributed by atoms with E-state index < -0.39 is 0 Å². The minimum atomic E-state index is 0.0656. The van der Waals surface area contributed by atoms with Crippen LogP contribution in [0.2, 0.25) is 0 Å². The molecule has 2 saturated heterocycles. The molecule has 8 nitrogen and oxygen atoms in total. The lowest BCUT2D eigenvalue weighted by molar-refractivity contribution is 0.0629. The Bertz CT molecular complexity index is 1420. The molecule has 2 aromatic heterocycles. The van der Waals surface area contributed by atoms with E-state index in [0.717, 1.165) is 48.3 Å². The van der Waals surface area contributed by atoms with Crippen molar-refractivity contribution in [2.24, 2.45) is 30.7 Å². The van der Waals surface area contributed by atoms with Crippen molar-refractivity contribution < 1.29 is 9.59 Å². The number of nitrogens with one attached hydrogen (secondary N) is 1. The number of aromatic amines is 1. The minimum absolute atomic E-state index is 0.0656. The number of aryl methyl sites for hydroxylation is 1. The number of H-pyrrole nitrogens is 1. The Morgan fingerprint density at radius 1 is 0.818 bits per heavy atom. The Morgan fingerprint density at radius 3 is 2.15 bits per heavy atom. The van der Waals surface area contributed by atoms with Crippen LogP contribution in [0.25, 0.3) is 21.9 Å². The zero-order chi connectivity index (χ0) is 22.3. The van der Waals surface area contributed by atoms with Crippen molar-refractivity contribution in [1.29, 1.82) is 0 Å². The first-order valence-electron chi connectivity index (χ1n) is 11.5. The van der Waals surface area contributed by atoms with Crippen LogP contribution in [0.5, 0.6) is 0 Å². The van der Waals surface area contributed by atoms with Crippen LogP contribution in [0.3, 0.4) is 0 Å². The molecule has 4 heterocycles. The van der Waals surface area contributed by atoms with Crippen LogP contribution >= 0.6 is 0 Å². The summed E-state index contributed by atoms with van der Waals surface area (Å²) in [6.45, 7) is 3.13. The number of para-hydroxylation sites is 1. The van der Waals surface area contributed by atoms with Crippen LogP contribution in [0.4, 0.5) is 0 Å². The summed E-state index contributed by atoms with van der Waals surface area (Å²) in [4.78, 5) is 30.5. The maximum Gasteiger partial charge on any atom is 0.270 e. The predicted molar refractivity (Wildman–Crippen MR) is 123 cm³/mol. The predicted octanol–water partition coefficient (Wildman–Crippen LogP) is 2.54. The first kappa shape index (κ1) is 18.8. The molecule has 33 heavy (non-hydrogen) atoms. The van der Waals surface area contributed by atoms with Gasteiger partial charge in [0, 0.05) is 49.7 Å². The summed E-state index contributed by atoms with van der Waals surface area (Å²) < 4.78 is 2.00. The number of nitrogens with zero attached hydrogens (tertiary/aromatic N) is 5. The van der Waals surface area contributed by atoms with E-state index in [9.17, 15) is 9.59 Å². The van der Waals surface area contributed by atoms with Crippen molar-refractivity contribution in [2.75, 3.05) is 26.2 Å². The quantitative estimate of drug-likeness (QED) is 0.519. The van der Waals surface area contributed by atoms with Gasteiger partial charge in [-0.25, -0.2) is 0 Å². The molecule has 3 aliphatic rings. The van der Waals surface area contributed by atoms with E-state index >= 15 is 0 Å². The van der Waals surface area contributed by atoms with Crippen molar-refractivity contribution in [3.05, 3.63) is 59.8 Å². The highest BCUT2D eigenvalue weighted by Gasteiger charge is 2.59. The molecule has 0 spiro atoms. The fraction of sp³-hybridized carbons (Fsp3) is 0.360. The Morgan fingerprint density at radius 2 is 1.45 bits per heavy atom. The first-order valence-corrected chi connectivity index (χ1v) is 11.5. The third-order valence-electron chi connectivity index (χ3n) is 8.23. The maximum absolute atomic E-state index is 13.3. The molecule has 0 unspecified atom stereocenters. The molecule has 1 saturated carbocycles. The van der Waals surface area contributed by atoms with Crippen molar-refractivity contribution in [3.63, 3.8) is 0 Å². The van der Waals surface area contributed by atoms with Gasteiger partial charge in [0.1, 0.15) is 16.7 Å². The topological polar surface area (TPSA) is 87.1 Å². The lowest BCUT2D eigenvalue weighted by Gasteiger charge is -2.42. The number of likely N-dealkylation sites (tertiary alicyclic amines) is 2. The Labute approximate surface area is 190 Å². The van der Waals surface area contributed by atoms with Gasteiger partial charge in [-0.15, -0.1) is 0 Å². The number of carbonyl (C=O) groups excluding carboxylic acids is 2. The second kappa shape index (κ2) is 6.66. The van der Waals surface area contributed by atoms with Crippen molar-refractivity contribution >= 4 is 33.8 Å². The van der Waals surface area contributed by atoms with E-state index in [4.69, 9.17) is 0 Å². The largest absolute Gasteiger partial charge is 0.340 e. The molecule has 3 fully saturated rings. The summed E-state index contributed by atoms with van der Waals surface area (Å²) >= 11 is 0. The number of carbonyl (C=O) groups is 2. The molecule has 1 aliphatic carbocycles. The SMILES string of the molecule is Cn1c(C(=O)N2C[C@@H]3[C@H]4CN(C(=O)c5ccc6n[nH]nc6c5)C[C@H]4[C@@H]3C2)cc2ccccc21. The minimum Gasteiger partial charge on any atom is -0.340 e. The summed E-state index contributed by atoms with van der Waals surface area (Å²) in [7, 11) is 1.97. The van der Waals surface area contributed by atoms with Crippen LogP contribution in [-0.2, 0) is 7.05 Å². The van der Waals surface area contributed by atoms with Gasteiger partial charge >= 0.3 is 0 Å². The molecule has 1 N–H and O–H groups in total. The van der Waals surface area contributed by atoms with Crippen LogP contribution in [0.15, 0.2) is 48.5 Å². The molecule has 2 aromatic carbocycles. The number of hydrogen-bond donors (Lipinski definition) is 1. The van der Waals surface area contributed by atoms with Gasteiger partial charge in [0.05, 0.1) is 0 Å². The highest BCUT2D eigenvalue weighted by Crippen LogP contribution is 2.54. The average molecular weight is 441 g/mol. The Balaban J connectivity index is 1.06. The highest BCUT2D eigenvalue weighted by molar-refractivity contribution is 5.99. The summed E-state index contributed by atoms with van der Waals surface area (Å²) in [5.74, 6) is 2.14. The highest BCUT2D eigenvalue weighted by atomic mass is 16.2. The van der Waals surface area contributed by atoms with Gasteiger partial charge in [-0.1, -0.05) is 18.2 Å². The summed E-state index contributed by atoms with van der Waals surface area (Å²) in [6.07, 6.45) is 0. The molecule has 4 aromatic rings. The van der Waals surface area contributed by atoms with Gasteiger partial charge in [0.15, 0.2) is 0 Å². The molecular weight excluding hydrogens is 416 g/mol. The fourth-order valence-corrected chi connectivity index (χ4v) is 6.52. The van der Waals surface area contributed by atoms with Crippen molar-refractivity contribution in [3.8, 4) is 0 Å². The van der Waals surface area contributed by atoms with Crippen LogP contribution in [0, 0.1) is 23.7 Å². The summed E-state index contributed by atoms with van der Waals surface area (Å²) in [5, 5.41) is 11.9. The lowest BCUT2D eigenvalue weighted by Crippen LogP contribution is -2.44. The van der Waals surface area contributed by atoms with Crippen molar-refractivity contribution in [2.45, 2.75) is 0 Å². The number of amides is 2. The number of aromatic nitrogens is 4. The number of fused-ring (bicyclic) bond motifs is 6. The zero-order valence-electron chi connectivity index (χ0n) is 18.3. The summed E-state index contributed by atoms with van der Waals surface area (Å²) in [5.41, 5.74) is 3.97. The lowest BCUT2D eigenvalue weighted by atomic mass is 9.60. The first-order chi connectivity index (χ1) is 16.1. The molecule has 166 valence electrons. The second-order valence-corrected chi connectivity index (χ2v) is 9.75. The Kier molecular flexibility index (Phi) is 3.81. The molecule has 2 aliphatic heterocycles. The number of rotatable bonds is 2.